The van der Waals surface area contributed by atoms with Gasteiger partial charge in [0.05, 0.1) is 24.3 Å². The van der Waals surface area contributed by atoms with E-state index >= 15 is 0 Å². The Bertz CT molecular complexity index is 1320. The molecule has 2 bridgehead atoms. The molecule has 3 nitrogen and oxygen atoms in total. The van der Waals surface area contributed by atoms with Crippen molar-refractivity contribution < 1.29 is 18.2 Å². The lowest BCUT2D eigenvalue weighted by atomic mass is 9.58. The van der Waals surface area contributed by atoms with Crippen molar-refractivity contribution in [2.24, 2.45) is 11.3 Å². The zero-order valence-electron chi connectivity index (χ0n) is 21.9. The van der Waals surface area contributed by atoms with E-state index in [1.807, 2.05) is 0 Å². The van der Waals surface area contributed by atoms with Crippen LogP contribution in [0.4, 0.5) is 8.78 Å². The monoisotopic (exact) mass is 505 g/mol. The topological polar surface area (TPSA) is 32.3 Å². The minimum atomic E-state index is -2.58. The smallest absolute Gasteiger partial charge is 0.286 e. The SMILES string of the molecule is C[C@]12CC=C3C=C4CC[C@@H]([N+](C)([O-])CC(F)F)C[C@]45CC[C@]3(O5)[C@@H]1CC[C@@H]2c1ccc2ccccc2c1. The van der Waals surface area contributed by atoms with Crippen molar-refractivity contribution in [3.63, 3.8) is 0 Å². The molecule has 2 saturated carbocycles. The van der Waals surface area contributed by atoms with Crippen molar-refractivity contribution in [1.29, 1.82) is 0 Å². The van der Waals surface area contributed by atoms with Crippen LogP contribution in [0.25, 0.3) is 10.8 Å². The van der Waals surface area contributed by atoms with Crippen LogP contribution < -0.4 is 0 Å². The molecule has 0 N–H and O–H groups in total. The van der Waals surface area contributed by atoms with E-state index in [1.165, 1.54) is 34.5 Å². The van der Waals surface area contributed by atoms with Crippen LogP contribution >= 0.6 is 0 Å². The van der Waals surface area contributed by atoms with Gasteiger partial charge in [-0.2, -0.15) is 0 Å². The summed E-state index contributed by atoms with van der Waals surface area (Å²) in [5.74, 6) is 0.898. The van der Waals surface area contributed by atoms with Crippen molar-refractivity contribution in [3.05, 3.63) is 76.5 Å². The van der Waals surface area contributed by atoms with Crippen LogP contribution in [0.2, 0.25) is 0 Å². The first-order valence-electron chi connectivity index (χ1n) is 14.1. The Balaban J connectivity index is 1.22. The molecule has 0 radical (unpaired) electrons. The normalized spacial score (nSPS) is 40.0. The van der Waals surface area contributed by atoms with Crippen molar-refractivity contribution in [2.45, 2.75) is 87.9 Å². The number of quaternary nitrogens is 1. The van der Waals surface area contributed by atoms with E-state index in [4.69, 9.17) is 4.74 Å². The molecule has 2 aromatic rings. The highest BCUT2D eigenvalue weighted by atomic mass is 19.3. The van der Waals surface area contributed by atoms with Crippen molar-refractivity contribution in [1.82, 2.24) is 0 Å². The third kappa shape index (κ3) is 3.39. The average molecular weight is 506 g/mol. The summed E-state index contributed by atoms with van der Waals surface area (Å²) in [7, 11) is 1.43. The second kappa shape index (κ2) is 7.97. The lowest BCUT2D eigenvalue weighted by Gasteiger charge is -2.56. The van der Waals surface area contributed by atoms with Gasteiger partial charge in [-0.25, -0.2) is 8.78 Å². The zero-order chi connectivity index (χ0) is 25.6. The first-order chi connectivity index (χ1) is 17.7. The molecule has 2 heterocycles. The van der Waals surface area contributed by atoms with Gasteiger partial charge in [-0.05, 0) is 83.3 Å². The molecule has 0 amide bonds. The molecule has 1 saturated heterocycles. The second-order valence-electron chi connectivity index (χ2n) is 13.0. The van der Waals surface area contributed by atoms with Gasteiger partial charge in [0.25, 0.3) is 6.43 Å². The van der Waals surface area contributed by atoms with E-state index in [9.17, 15) is 14.0 Å². The molecule has 3 aliphatic carbocycles. The Kier molecular flexibility index (Phi) is 5.17. The van der Waals surface area contributed by atoms with E-state index in [0.717, 1.165) is 38.5 Å². The number of nitrogens with zero attached hydrogens (tertiary/aromatic N) is 1. The second-order valence-corrected chi connectivity index (χ2v) is 13.0. The molecule has 7 atom stereocenters. The average Bonchev–Trinajstić information content (AvgIpc) is 3.37. The number of hydrogen-bond acceptors (Lipinski definition) is 2. The maximum Gasteiger partial charge on any atom is 0.286 e. The first-order valence-corrected chi connectivity index (χ1v) is 14.1. The van der Waals surface area contributed by atoms with E-state index in [0.29, 0.717) is 24.7 Å². The molecule has 2 spiro atoms. The van der Waals surface area contributed by atoms with Gasteiger partial charge in [-0.15, -0.1) is 0 Å². The van der Waals surface area contributed by atoms with Crippen LogP contribution in [-0.2, 0) is 4.74 Å². The van der Waals surface area contributed by atoms with E-state index in [1.54, 1.807) is 0 Å². The number of alkyl halides is 2. The van der Waals surface area contributed by atoms with Gasteiger partial charge in [-0.3, -0.25) is 0 Å². The highest BCUT2D eigenvalue weighted by molar-refractivity contribution is 5.83. The van der Waals surface area contributed by atoms with Gasteiger partial charge in [0, 0.05) is 12.8 Å². The Hall–Kier alpha value is -2.08. The minimum Gasteiger partial charge on any atom is -0.633 e. The van der Waals surface area contributed by atoms with Gasteiger partial charge in [-0.1, -0.05) is 61.5 Å². The molecule has 2 aliphatic heterocycles. The Morgan fingerprint density at radius 3 is 2.70 bits per heavy atom. The fourth-order valence-corrected chi connectivity index (χ4v) is 9.24. The Morgan fingerprint density at radius 1 is 1.08 bits per heavy atom. The summed E-state index contributed by atoms with van der Waals surface area (Å²) in [6.45, 7) is 1.84. The number of halogens is 2. The summed E-state index contributed by atoms with van der Waals surface area (Å²) in [4.78, 5) is 0. The number of ether oxygens (including phenoxy) is 1. The van der Waals surface area contributed by atoms with Gasteiger partial charge < -0.3 is 14.6 Å². The predicted molar refractivity (Wildman–Crippen MR) is 142 cm³/mol. The number of fused-ring (bicyclic) bond motifs is 2. The van der Waals surface area contributed by atoms with E-state index in [2.05, 4.69) is 61.5 Å². The fraction of sp³-hybridized carbons (Fsp3) is 0.562. The molecule has 0 aromatic heterocycles. The van der Waals surface area contributed by atoms with Gasteiger partial charge in [0.2, 0.25) is 0 Å². The molecule has 37 heavy (non-hydrogen) atoms. The predicted octanol–water partition coefficient (Wildman–Crippen LogP) is 7.66. The van der Waals surface area contributed by atoms with Crippen LogP contribution in [0, 0.1) is 16.5 Å². The first kappa shape index (κ1) is 24.0. The number of hydrogen-bond donors (Lipinski definition) is 0. The molecule has 5 heteroatoms. The van der Waals surface area contributed by atoms with Gasteiger partial charge >= 0.3 is 0 Å². The van der Waals surface area contributed by atoms with Crippen LogP contribution in [-0.4, -0.2) is 41.9 Å². The largest absolute Gasteiger partial charge is 0.633 e. The molecule has 5 aliphatic rings. The fourth-order valence-electron chi connectivity index (χ4n) is 9.24. The summed E-state index contributed by atoms with van der Waals surface area (Å²) in [6.07, 6.45) is 9.48. The molecule has 7 rings (SSSR count). The van der Waals surface area contributed by atoms with Crippen molar-refractivity contribution in [3.8, 4) is 0 Å². The summed E-state index contributed by atoms with van der Waals surface area (Å²) >= 11 is 0. The van der Waals surface area contributed by atoms with Crippen LogP contribution in [0.1, 0.15) is 69.8 Å². The Labute approximate surface area is 218 Å². The summed E-state index contributed by atoms with van der Waals surface area (Å²) in [5, 5.41) is 15.8. The van der Waals surface area contributed by atoms with Gasteiger partial charge in [0.15, 0.2) is 0 Å². The number of hydroxylamine groups is 3. The van der Waals surface area contributed by atoms with Crippen molar-refractivity contribution >= 4 is 10.8 Å². The van der Waals surface area contributed by atoms with E-state index in [-0.39, 0.29) is 17.1 Å². The maximum atomic E-state index is 13.2. The lowest BCUT2D eigenvalue weighted by Crippen LogP contribution is -2.58. The summed E-state index contributed by atoms with van der Waals surface area (Å²) in [6, 6.07) is 15.2. The van der Waals surface area contributed by atoms with Crippen LogP contribution in [0.5, 0.6) is 0 Å². The molecular weight excluding hydrogens is 468 g/mol. The number of allylic oxidation sites excluding steroid dienone is 1. The molecule has 196 valence electrons. The molecule has 2 aromatic carbocycles. The van der Waals surface area contributed by atoms with Crippen LogP contribution in [0.15, 0.2) is 65.8 Å². The van der Waals surface area contributed by atoms with Crippen molar-refractivity contribution in [2.75, 3.05) is 13.6 Å². The summed E-state index contributed by atoms with van der Waals surface area (Å²) in [5.41, 5.74) is 3.43. The lowest BCUT2D eigenvalue weighted by molar-refractivity contribution is -0.892. The number of benzene rings is 2. The quantitative estimate of drug-likeness (QED) is 0.316. The maximum absolute atomic E-state index is 13.2. The molecule has 1 unspecified atom stereocenters. The molecule has 3 fully saturated rings. The number of rotatable bonds is 4. The third-order valence-electron chi connectivity index (χ3n) is 11.1. The standard InChI is InChI=1S/C32H37F2NO2/c1-30-14-13-25-18-24-9-10-26(35(2,36)20-29(33)34)19-31(24)15-16-32(25,37-31)28(30)12-11-27(30)23-8-7-21-5-3-4-6-22(21)17-23/h3-8,13,17-18,26-29H,9-12,14-16,19-20H2,1-2H3/t26-,27-,28-,30-,31-,32-,35?/m1/s1. The summed E-state index contributed by atoms with van der Waals surface area (Å²) < 4.78 is 32.8. The highest BCUT2D eigenvalue weighted by Crippen LogP contribution is 2.69. The van der Waals surface area contributed by atoms with Crippen LogP contribution in [0.3, 0.4) is 0 Å². The minimum absolute atomic E-state index is 0.107. The third-order valence-corrected chi connectivity index (χ3v) is 11.1. The Morgan fingerprint density at radius 2 is 1.89 bits per heavy atom. The zero-order valence-corrected chi connectivity index (χ0v) is 21.9. The van der Waals surface area contributed by atoms with E-state index < -0.39 is 23.2 Å². The van der Waals surface area contributed by atoms with Gasteiger partial charge in [0.1, 0.15) is 6.54 Å². The highest BCUT2D eigenvalue weighted by Gasteiger charge is 2.67. The molecular formula is C32H37F2NO2.